The Hall–Kier alpha value is -2.14. The van der Waals surface area contributed by atoms with Crippen LogP contribution in [0, 0.1) is 0 Å². The highest BCUT2D eigenvalue weighted by atomic mass is 79.9. The van der Waals surface area contributed by atoms with E-state index in [1.807, 2.05) is 12.1 Å². The summed E-state index contributed by atoms with van der Waals surface area (Å²) in [5.74, 6) is -0.200. The summed E-state index contributed by atoms with van der Waals surface area (Å²) in [6.45, 7) is 2.12. The van der Waals surface area contributed by atoms with Gasteiger partial charge in [-0.3, -0.25) is 9.59 Å². The molecule has 2 amide bonds. The summed E-state index contributed by atoms with van der Waals surface area (Å²) in [5, 5.41) is 2.70. The Bertz CT molecular complexity index is 758. The van der Waals surface area contributed by atoms with Crippen LogP contribution >= 0.6 is 15.9 Å². The van der Waals surface area contributed by atoms with Gasteiger partial charge in [0.1, 0.15) is 0 Å². The lowest BCUT2D eigenvalue weighted by molar-refractivity contribution is -0.114. The van der Waals surface area contributed by atoms with Gasteiger partial charge in [0.25, 0.3) is 5.91 Å². The third kappa shape index (κ3) is 2.90. The van der Waals surface area contributed by atoms with Crippen molar-refractivity contribution in [3.05, 3.63) is 58.1 Å². The first-order valence-electron chi connectivity index (χ1n) is 7.02. The lowest BCUT2D eigenvalue weighted by Crippen LogP contribution is -2.28. The number of halogens is 1. The molecular weight excluding hydrogens is 344 g/mol. The van der Waals surface area contributed by atoms with Crippen LogP contribution in [0.3, 0.4) is 0 Å². The van der Waals surface area contributed by atoms with Crippen LogP contribution in [0.1, 0.15) is 22.8 Å². The summed E-state index contributed by atoms with van der Waals surface area (Å²) >= 11 is 3.46. The number of anilines is 2. The molecular formula is C17H15BrN2O2. The highest BCUT2D eigenvalue weighted by Gasteiger charge is 2.25. The summed E-state index contributed by atoms with van der Waals surface area (Å²) in [4.78, 5) is 25.7. The molecule has 112 valence electrons. The van der Waals surface area contributed by atoms with Crippen molar-refractivity contribution in [2.45, 2.75) is 13.3 Å². The van der Waals surface area contributed by atoms with Crippen LogP contribution in [0.15, 0.2) is 46.9 Å². The monoisotopic (exact) mass is 358 g/mol. The van der Waals surface area contributed by atoms with Crippen LogP contribution in [-0.4, -0.2) is 18.4 Å². The minimum atomic E-state index is -0.152. The van der Waals surface area contributed by atoms with Crippen LogP contribution in [0.25, 0.3) is 0 Å². The fourth-order valence-electron chi connectivity index (χ4n) is 2.67. The smallest absolute Gasteiger partial charge is 0.258 e. The standard InChI is InChI=1S/C17H15BrN2O2/c1-11(21)19-15-4-2-3-13(10-15)17(22)20-8-7-12-9-14(18)5-6-16(12)20/h2-6,9-10H,7-8H2,1H3,(H,19,21). The molecule has 1 heterocycles. The second-order valence-electron chi connectivity index (χ2n) is 5.24. The van der Waals surface area contributed by atoms with Crippen molar-refractivity contribution in [3.63, 3.8) is 0 Å². The number of carbonyl (C=O) groups excluding carboxylic acids is 2. The van der Waals surface area contributed by atoms with E-state index in [1.165, 1.54) is 12.5 Å². The number of nitrogens with one attached hydrogen (secondary N) is 1. The van der Waals surface area contributed by atoms with E-state index in [1.54, 1.807) is 29.2 Å². The molecule has 0 fully saturated rings. The lowest BCUT2D eigenvalue weighted by Gasteiger charge is -2.18. The Morgan fingerprint density at radius 3 is 2.77 bits per heavy atom. The largest absolute Gasteiger partial charge is 0.326 e. The van der Waals surface area contributed by atoms with Crippen LogP contribution in [-0.2, 0) is 11.2 Å². The molecule has 0 unspecified atom stereocenters. The van der Waals surface area contributed by atoms with Crippen molar-refractivity contribution in [3.8, 4) is 0 Å². The van der Waals surface area contributed by atoms with E-state index >= 15 is 0 Å². The van der Waals surface area contributed by atoms with Crippen molar-refractivity contribution in [1.82, 2.24) is 0 Å². The van der Waals surface area contributed by atoms with Crippen molar-refractivity contribution in [1.29, 1.82) is 0 Å². The van der Waals surface area contributed by atoms with E-state index in [9.17, 15) is 9.59 Å². The Kier molecular flexibility index (Phi) is 3.98. The van der Waals surface area contributed by atoms with Crippen molar-refractivity contribution < 1.29 is 9.59 Å². The summed E-state index contributed by atoms with van der Waals surface area (Å²) in [6, 6.07) is 13.0. The summed E-state index contributed by atoms with van der Waals surface area (Å²) < 4.78 is 1.02. The predicted octanol–water partition coefficient (Wildman–Crippen LogP) is 3.61. The molecule has 1 N–H and O–H groups in total. The van der Waals surface area contributed by atoms with Gasteiger partial charge in [-0.2, -0.15) is 0 Å². The van der Waals surface area contributed by atoms with Gasteiger partial charge in [-0.05, 0) is 48.4 Å². The fraction of sp³-hybridized carbons (Fsp3) is 0.176. The molecule has 0 spiro atoms. The van der Waals surface area contributed by atoms with Crippen LogP contribution in [0.2, 0.25) is 0 Å². The predicted molar refractivity (Wildman–Crippen MR) is 90.3 cm³/mol. The average Bonchev–Trinajstić information content (AvgIpc) is 2.89. The molecule has 0 aromatic heterocycles. The fourth-order valence-corrected chi connectivity index (χ4v) is 3.08. The molecule has 0 saturated carbocycles. The minimum absolute atomic E-state index is 0.0479. The molecule has 5 heteroatoms. The summed E-state index contributed by atoms with van der Waals surface area (Å²) in [6.07, 6.45) is 0.853. The third-order valence-corrected chi connectivity index (χ3v) is 4.11. The second-order valence-corrected chi connectivity index (χ2v) is 6.16. The SMILES string of the molecule is CC(=O)Nc1cccc(C(=O)N2CCc3cc(Br)ccc32)c1. The topological polar surface area (TPSA) is 49.4 Å². The van der Waals surface area contributed by atoms with E-state index in [0.29, 0.717) is 17.8 Å². The van der Waals surface area contributed by atoms with Gasteiger partial charge in [-0.25, -0.2) is 0 Å². The minimum Gasteiger partial charge on any atom is -0.326 e. The van der Waals surface area contributed by atoms with Crippen molar-refractivity contribution in [2.75, 3.05) is 16.8 Å². The number of hydrogen-bond acceptors (Lipinski definition) is 2. The van der Waals surface area contributed by atoms with Gasteiger partial charge in [0.15, 0.2) is 0 Å². The number of fused-ring (bicyclic) bond motifs is 1. The lowest BCUT2D eigenvalue weighted by atomic mass is 10.1. The maximum Gasteiger partial charge on any atom is 0.258 e. The normalized spacial score (nSPS) is 12.9. The summed E-state index contributed by atoms with van der Waals surface area (Å²) in [5.41, 5.74) is 3.33. The number of benzene rings is 2. The molecule has 3 rings (SSSR count). The molecule has 2 aromatic carbocycles. The zero-order valence-corrected chi connectivity index (χ0v) is 13.7. The molecule has 2 aromatic rings. The number of amides is 2. The van der Waals surface area contributed by atoms with E-state index in [0.717, 1.165) is 16.6 Å². The van der Waals surface area contributed by atoms with E-state index in [4.69, 9.17) is 0 Å². The zero-order chi connectivity index (χ0) is 15.7. The number of hydrogen-bond donors (Lipinski definition) is 1. The first kappa shape index (κ1) is 14.8. The Morgan fingerprint density at radius 2 is 2.00 bits per heavy atom. The van der Waals surface area contributed by atoms with Gasteiger partial charge in [0, 0.05) is 34.9 Å². The molecule has 1 aliphatic rings. The zero-order valence-electron chi connectivity index (χ0n) is 12.1. The van der Waals surface area contributed by atoms with Gasteiger partial charge >= 0.3 is 0 Å². The Balaban J connectivity index is 1.88. The molecule has 0 aliphatic carbocycles. The molecule has 22 heavy (non-hydrogen) atoms. The second kappa shape index (κ2) is 5.93. The molecule has 0 bridgehead atoms. The molecule has 4 nitrogen and oxygen atoms in total. The number of carbonyl (C=O) groups is 2. The van der Waals surface area contributed by atoms with Gasteiger partial charge in [-0.15, -0.1) is 0 Å². The molecule has 0 radical (unpaired) electrons. The highest BCUT2D eigenvalue weighted by Crippen LogP contribution is 2.31. The number of rotatable bonds is 2. The third-order valence-electron chi connectivity index (χ3n) is 3.61. The maximum absolute atomic E-state index is 12.7. The highest BCUT2D eigenvalue weighted by molar-refractivity contribution is 9.10. The van der Waals surface area contributed by atoms with E-state index in [-0.39, 0.29) is 11.8 Å². The first-order chi connectivity index (χ1) is 10.5. The molecule has 1 aliphatic heterocycles. The van der Waals surface area contributed by atoms with E-state index in [2.05, 4.69) is 27.3 Å². The van der Waals surface area contributed by atoms with Gasteiger partial charge < -0.3 is 10.2 Å². The molecule has 0 atom stereocenters. The average molecular weight is 359 g/mol. The van der Waals surface area contributed by atoms with Crippen molar-refractivity contribution in [2.24, 2.45) is 0 Å². The summed E-state index contributed by atoms with van der Waals surface area (Å²) in [7, 11) is 0. The van der Waals surface area contributed by atoms with Crippen LogP contribution in [0.5, 0.6) is 0 Å². The van der Waals surface area contributed by atoms with Gasteiger partial charge in [-0.1, -0.05) is 22.0 Å². The maximum atomic E-state index is 12.7. The van der Waals surface area contributed by atoms with Crippen molar-refractivity contribution >= 4 is 39.1 Å². The molecule has 0 saturated heterocycles. The van der Waals surface area contributed by atoms with Gasteiger partial charge in [0.05, 0.1) is 0 Å². The first-order valence-corrected chi connectivity index (χ1v) is 7.82. The quantitative estimate of drug-likeness (QED) is 0.891. The Morgan fingerprint density at radius 1 is 1.18 bits per heavy atom. The van der Waals surface area contributed by atoms with Crippen LogP contribution < -0.4 is 10.2 Å². The Labute approximate surface area is 137 Å². The van der Waals surface area contributed by atoms with Crippen LogP contribution in [0.4, 0.5) is 11.4 Å². The number of nitrogens with zero attached hydrogens (tertiary/aromatic N) is 1. The van der Waals surface area contributed by atoms with E-state index < -0.39 is 0 Å². The van der Waals surface area contributed by atoms with Gasteiger partial charge in [0.2, 0.25) is 5.91 Å².